The minimum atomic E-state index is -1.26. The van der Waals surface area contributed by atoms with Crippen LogP contribution in [-0.4, -0.2) is 4.21 Å². The number of rotatable bonds is 6. The number of hydrogen-bond donors (Lipinski definition) is 1. The minimum absolute atomic E-state index is 0.404. The molecule has 0 radical (unpaired) electrons. The number of benzene rings is 2. The molecule has 2 rings (SSSR count). The van der Waals surface area contributed by atoms with Crippen LogP contribution >= 0.6 is 0 Å². The van der Waals surface area contributed by atoms with Crippen molar-refractivity contribution in [3.8, 4) is 0 Å². The van der Waals surface area contributed by atoms with Crippen molar-refractivity contribution in [3.05, 3.63) is 78.4 Å². The zero-order chi connectivity index (χ0) is 15.3. The second-order valence-corrected chi connectivity index (χ2v) is 6.59. The quantitative estimate of drug-likeness (QED) is 0.799. The lowest BCUT2D eigenvalue weighted by atomic mass is 9.90. The number of nitrogens with one attached hydrogen (secondary N) is 1. The maximum Gasteiger partial charge on any atom is 0.125 e. The van der Waals surface area contributed by atoms with Crippen LogP contribution in [0.1, 0.15) is 24.5 Å². The average Bonchev–Trinajstić information content (AvgIpc) is 2.49. The van der Waals surface area contributed by atoms with Gasteiger partial charge in [-0.3, -0.25) is 0 Å². The van der Waals surface area contributed by atoms with E-state index in [4.69, 9.17) is 0 Å². The molecule has 1 N–H and O–H groups in total. The van der Waals surface area contributed by atoms with Crippen LogP contribution in [0.2, 0.25) is 0 Å². The highest BCUT2D eigenvalue weighted by Gasteiger charge is 2.27. The summed E-state index contributed by atoms with van der Waals surface area (Å²) in [5, 5.41) is 0. The fourth-order valence-corrected chi connectivity index (χ4v) is 3.35. The van der Waals surface area contributed by atoms with Crippen LogP contribution in [0.15, 0.2) is 72.1 Å². The summed E-state index contributed by atoms with van der Waals surface area (Å²) in [5.41, 5.74) is 1.86. The molecule has 0 aliphatic heterocycles. The highest BCUT2D eigenvalue weighted by atomic mass is 32.2. The Morgan fingerprint density at radius 2 is 1.76 bits per heavy atom. The molecule has 2 aromatic carbocycles. The molecule has 2 nitrogen and oxygen atoms in total. The normalized spacial score (nSPS) is 15.1. The first-order valence-corrected chi connectivity index (χ1v) is 8.13. The predicted octanol–water partition coefficient (Wildman–Crippen LogP) is 4.10. The van der Waals surface area contributed by atoms with Gasteiger partial charge in [0.15, 0.2) is 0 Å². The maximum atomic E-state index is 12.6. The van der Waals surface area contributed by atoms with Crippen LogP contribution in [0, 0.1) is 6.92 Å². The van der Waals surface area contributed by atoms with Gasteiger partial charge in [0.25, 0.3) is 0 Å². The second kappa shape index (κ2) is 6.83. The van der Waals surface area contributed by atoms with Crippen molar-refractivity contribution in [2.75, 3.05) is 0 Å². The Balaban J connectivity index is 2.25. The lowest BCUT2D eigenvalue weighted by molar-refractivity contribution is 0.452. The Hall–Kier alpha value is -1.71. The average molecular weight is 299 g/mol. The van der Waals surface area contributed by atoms with Gasteiger partial charge in [-0.25, -0.2) is 8.93 Å². The summed E-state index contributed by atoms with van der Waals surface area (Å²) in [7, 11) is -1.26. The molecule has 21 heavy (non-hydrogen) atoms. The van der Waals surface area contributed by atoms with E-state index in [1.54, 1.807) is 0 Å². The van der Waals surface area contributed by atoms with Crippen molar-refractivity contribution in [2.45, 2.75) is 30.7 Å². The fourth-order valence-electron chi connectivity index (χ4n) is 2.24. The van der Waals surface area contributed by atoms with E-state index in [1.165, 1.54) is 0 Å². The minimum Gasteiger partial charge on any atom is -0.237 e. The van der Waals surface area contributed by atoms with Gasteiger partial charge in [-0.1, -0.05) is 54.1 Å². The third-order valence-corrected chi connectivity index (χ3v) is 4.85. The SMILES string of the molecule is C=CCC(C)(NS(=O)c1ccc(C)cc1)c1ccccc1. The van der Waals surface area contributed by atoms with Crippen LogP contribution in [0.4, 0.5) is 0 Å². The van der Waals surface area contributed by atoms with Gasteiger partial charge in [0, 0.05) is 0 Å². The Bertz CT molecular complexity index is 621. The molecule has 0 aliphatic carbocycles. The molecule has 110 valence electrons. The zero-order valence-corrected chi connectivity index (χ0v) is 13.3. The van der Waals surface area contributed by atoms with Gasteiger partial charge in [-0.2, -0.15) is 0 Å². The first-order chi connectivity index (χ1) is 10.0. The van der Waals surface area contributed by atoms with Gasteiger partial charge in [0.05, 0.1) is 10.4 Å². The van der Waals surface area contributed by atoms with Gasteiger partial charge in [-0.15, -0.1) is 6.58 Å². The molecule has 0 spiro atoms. The van der Waals surface area contributed by atoms with Crippen LogP contribution in [0.25, 0.3) is 0 Å². The van der Waals surface area contributed by atoms with E-state index in [-0.39, 0.29) is 0 Å². The van der Waals surface area contributed by atoms with Crippen molar-refractivity contribution in [1.82, 2.24) is 4.72 Å². The van der Waals surface area contributed by atoms with Crippen molar-refractivity contribution < 1.29 is 4.21 Å². The van der Waals surface area contributed by atoms with E-state index >= 15 is 0 Å². The molecule has 0 bridgehead atoms. The summed E-state index contributed by atoms with van der Waals surface area (Å²) in [6.07, 6.45) is 2.56. The Morgan fingerprint density at radius 3 is 2.33 bits per heavy atom. The Labute approximate surface area is 129 Å². The van der Waals surface area contributed by atoms with Crippen LogP contribution in [0.3, 0.4) is 0 Å². The van der Waals surface area contributed by atoms with E-state index in [9.17, 15) is 4.21 Å². The molecule has 0 saturated heterocycles. The highest BCUT2D eigenvalue weighted by molar-refractivity contribution is 7.83. The molecule has 0 amide bonds. The first-order valence-electron chi connectivity index (χ1n) is 6.98. The Morgan fingerprint density at radius 1 is 1.14 bits per heavy atom. The monoisotopic (exact) mass is 299 g/mol. The highest BCUT2D eigenvalue weighted by Crippen LogP contribution is 2.26. The van der Waals surface area contributed by atoms with Crippen molar-refractivity contribution in [2.24, 2.45) is 0 Å². The van der Waals surface area contributed by atoms with Gasteiger partial charge in [0.1, 0.15) is 11.0 Å². The van der Waals surface area contributed by atoms with E-state index in [1.807, 2.05) is 67.6 Å². The molecule has 3 heteroatoms. The van der Waals surface area contributed by atoms with Gasteiger partial charge >= 0.3 is 0 Å². The van der Waals surface area contributed by atoms with Crippen molar-refractivity contribution in [1.29, 1.82) is 0 Å². The number of aryl methyl sites for hydroxylation is 1. The third kappa shape index (κ3) is 3.90. The van der Waals surface area contributed by atoms with E-state index in [2.05, 4.69) is 18.2 Å². The topological polar surface area (TPSA) is 29.1 Å². The fraction of sp³-hybridized carbons (Fsp3) is 0.222. The summed E-state index contributed by atoms with van der Waals surface area (Å²) < 4.78 is 15.8. The van der Waals surface area contributed by atoms with Crippen LogP contribution in [-0.2, 0) is 16.5 Å². The van der Waals surface area contributed by atoms with Crippen molar-refractivity contribution >= 4 is 11.0 Å². The van der Waals surface area contributed by atoms with E-state index < -0.39 is 16.5 Å². The van der Waals surface area contributed by atoms with E-state index in [0.29, 0.717) is 6.42 Å². The lowest BCUT2D eigenvalue weighted by Crippen LogP contribution is -2.40. The second-order valence-electron chi connectivity index (χ2n) is 5.37. The molecule has 0 heterocycles. The molecule has 2 unspecified atom stereocenters. The first kappa shape index (κ1) is 15.7. The molecule has 0 saturated carbocycles. The zero-order valence-electron chi connectivity index (χ0n) is 12.5. The smallest absolute Gasteiger partial charge is 0.125 e. The van der Waals surface area contributed by atoms with Gasteiger partial charge in [0.2, 0.25) is 0 Å². The molecule has 0 aromatic heterocycles. The Kier molecular flexibility index (Phi) is 5.10. The summed E-state index contributed by atoms with van der Waals surface area (Å²) >= 11 is 0. The summed E-state index contributed by atoms with van der Waals surface area (Å²) in [6.45, 7) is 7.90. The molecule has 2 atom stereocenters. The molecular weight excluding hydrogens is 278 g/mol. The third-order valence-electron chi connectivity index (χ3n) is 3.52. The summed E-state index contributed by atoms with van der Waals surface area (Å²) in [6, 6.07) is 17.8. The van der Waals surface area contributed by atoms with Gasteiger partial charge in [-0.05, 0) is 38.0 Å². The standard InChI is InChI=1S/C18H21NOS/c1-4-14-18(3,16-8-6-5-7-9-16)19-21(20)17-12-10-15(2)11-13-17/h4-13,19H,1,14H2,2-3H3. The summed E-state index contributed by atoms with van der Waals surface area (Å²) in [5.74, 6) is 0. The van der Waals surface area contributed by atoms with Crippen LogP contribution in [0.5, 0.6) is 0 Å². The molecule has 0 fully saturated rings. The molecular formula is C18H21NOS. The predicted molar refractivity (Wildman–Crippen MR) is 89.3 cm³/mol. The van der Waals surface area contributed by atoms with E-state index in [0.717, 1.165) is 16.0 Å². The van der Waals surface area contributed by atoms with Gasteiger partial charge < -0.3 is 0 Å². The maximum absolute atomic E-state index is 12.6. The lowest BCUT2D eigenvalue weighted by Gasteiger charge is -2.29. The van der Waals surface area contributed by atoms with Crippen molar-refractivity contribution in [3.63, 3.8) is 0 Å². The van der Waals surface area contributed by atoms with Crippen LogP contribution < -0.4 is 4.72 Å². The summed E-state index contributed by atoms with van der Waals surface area (Å²) in [4.78, 5) is 0.784. The number of hydrogen-bond acceptors (Lipinski definition) is 1. The molecule has 0 aliphatic rings. The largest absolute Gasteiger partial charge is 0.237 e. The molecule has 2 aromatic rings.